The highest BCUT2D eigenvalue weighted by atomic mass is 35.5. The van der Waals surface area contributed by atoms with Crippen LogP contribution in [0.4, 0.5) is 0 Å². The summed E-state index contributed by atoms with van der Waals surface area (Å²) in [4.78, 5) is 22.2. The third-order valence-corrected chi connectivity index (χ3v) is 2.87. The molecular weight excluding hydrogens is 236 g/mol. The predicted octanol–water partition coefficient (Wildman–Crippen LogP) is 1.30. The van der Waals surface area contributed by atoms with E-state index in [1.54, 1.807) is 24.3 Å². The Morgan fingerprint density at radius 1 is 1.27 bits per heavy atom. The molecule has 0 radical (unpaired) electrons. The second-order valence-corrected chi connectivity index (χ2v) is 4.18. The lowest BCUT2D eigenvalue weighted by Gasteiger charge is -1.99. The SMILES string of the molecule is O=c1[nH]sc(=O)n1Cc1ccc(Cl)cc1. The monoisotopic (exact) mass is 242 g/mol. The topological polar surface area (TPSA) is 54.9 Å². The molecule has 0 amide bonds. The minimum atomic E-state index is -0.375. The molecule has 2 rings (SSSR count). The second-order valence-electron chi connectivity index (χ2n) is 2.99. The van der Waals surface area contributed by atoms with Crippen LogP contribution in [0.15, 0.2) is 33.9 Å². The summed E-state index contributed by atoms with van der Waals surface area (Å²) in [6.45, 7) is 0.273. The molecule has 0 aliphatic heterocycles. The third-order valence-electron chi connectivity index (χ3n) is 1.95. The van der Waals surface area contributed by atoms with Crippen molar-refractivity contribution in [3.05, 3.63) is 55.0 Å². The maximum atomic E-state index is 11.2. The molecule has 0 aliphatic rings. The summed E-state index contributed by atoms with van der Waals surface area (Å²) in [6.07, 6.45) is 0. The van der Waals surface area contributed by atoms with Gasteiger partial charge in [-0.3, -0.25) is 9.17 Å². The van der Waals surface area contributed by atoms with Crippen molar-refractivity contribution in [3.8, 4) is 0 Å². The molecule has 1 aromatic carbocycles. The van der Waals surface area contributed by atoms with E-state index in [-0.39, 0.29) is 17.1 Å². The van der Waals surface area contributed by atoms with E-state index in [9.17, 15) is 9.59 Å². The van der Waals surface area contributed by atoms with Gasteiger partial charge in [0.2, 0.25) is 0 Å². The molecule has 15 heavy (non-hydrogen) atoms. The van der Waals surface area contributed by atoms with Gasteiger partial charge in [-0.15, -0.1) is 0 Å². The summed E-state index contributed by atoms with van der Waals surface area (Å²) in [5, 5.41) is 0.630. The maximum Gasteiger partial charge on any atom is 0.338 e. The van der Waals surface area contributed by atoms with Gasteiger partial charge in [0.1, 0.15) is 0 Å². The number of benzene rings is 1. The minimum Gasteiger partial charge on any atom is -0.258 e. The molecule has 0 saturated heterocycles. The van der Waals surface area contributed by atoms with Gasteiger partial charge >= 0.3 is 10.6 Å². The number of aromatic amines is 1. The molecular formula is C9H7ClN2O2S. The van der Waals surface area contributed by atoms with Crippen LogP contribution in [0.1, 0.15) is 5.56 Å². The zero-order valence-electron chi connectivity index (χ0n) is 7.57. The summed E-state index contributed by atoms with van der Waals surface area (Å²) < 4.78 is 3.53. The Bertz CT molecular complexity index is 539. The van der Waals surface area contributed by atoms with Gasteiger partial charge in [0.05, 0.1) is 6.54 Å². The Hall–Kier alpha value is -1.33. The average molecular weight is 243 g/mol. The van der Waals surface area contributed by atoms with Crippen LogP contribution in [0.2, 0.25) is 5.02 Å². The van der Waals surface area contributed by atoms with Gasteiger partial charge in [-0.05, 0) is 17.7 Å². The largest absolute Gasteiger partial charge is 0.338 e. The van der Waals surface area contributed by atoms with E-state index < -0.39 is 0 Å². The molecule has 1 N–H and O–H groups in total. The van der Waals surface area contributed by atoms with Crippen LogP contribution < -0.4 is 10.6 Å². The molecule has 0 unspecified atom stereocenters. The highest BCUT2D eigenvalue weighted by Gasteiger charge is 2.03. The molecule has 0 spiro atoms. The Balaban J connectivity index is 2.34. The van der Waals surface area contributed by atoms with Gasteiger partial charge in [0.25, 0.3) is 0 Å². The standard InChI is InChI=1S/C9H7ClN2O2S/c10-7-3-1-6(2-4-7)5-12-8(13)11-15-9(12)14/h1-4H,5H2,(H,11,13). The molecule has 78 valence electrons. The average Bonchev–Trinajstić information content (AvgIpc) is 2.53. The van der Waals surface area contributed by atoms with Crippen molar-refractivity contribution < 1.29 is 0 Å². The van der Waals surface area contributed by atoms with Crippen molar-refractivity contribution in [3.63, 3.8) is 0 Å². The number of aromatic nitrogens is 2. The van der Waals surface area contributed by atoms with Crippen LogP contribution in [0.5, 0.6) is 0 Å². The number of halogens is 1. The van der Waals surface area contributed by atoms with Crippen LogP contribution in [-0.2, 0) is 6.54 Å². The summed E-state index contributed by atoms with van der Waals surface area (Å²) in [7, 11) is 0. The maximum absolute atomic E-state index is 11.2. The molecule has 1 aromatic heterocycles. The molecule has 0 atom stereocenters. The fraction of sp³-hybridized carbons (Fsp3) is 0.111. The molecule has 4 nitrogen and oxygen atoms in total. The van der Waals surface area contributed by atoms with Gasteiger partial charge in [0, 0.05) is 16.6 Å². The summed E-state index contributed by atoms with van der Waals surface area (Å²) >= 11 is 6.52. The van der Waals surface area contributed by atoms with E-state index in [1.807, 2.05) is 0 Å². The lowest BCUT2D eigenvalue weighted by molar-refractivity contribution is 0.739. The van der Waals surface area contributed by atoms with E-state index in [0.717, 1.165) is 21.7 Å². The molecule has 1 heterocycles. The first-order valence-electron chi connectivity index (χ1n) is 4.19. The fourth-order valence-electron chi connectivity index (χ4n) is 1.19. The van der Waals surface area contributed by atoms with E-state index in [2.05, 4.69) is 4.37 Å². The minimum absolute atomic E-state index is 0.273. The van der Waals surface area contributed by atoms with Crippen molar-refractivity contribution >= 4 is 23.1 Å². The zero-order chi connectivity index (χ0) is 10.8. The predicted molar refractivity (Wildman–Crippen MR) is 59.8 cm³/mol. The smallest absolute Gasteiger partial charge is 0.258 e. The van der Waals surface area contributed by atoms with Gasteiger partial charge in [-0.2, -0.15) is 0 Å². The van der Waals surface area contributed by atoms with Crippen molar-refractivity contribution in [2.24, 2.45) is 0 Å². The van der Waals surface area contributed by atoms with Gasteiger partial charge < -0.3 is 0 Å². The quantitative estimate of drug-likeness (QED) is 0.863. The van der Waals surface area contributed by atoms with Crippen LogP contribution in [0.25, 0.3) is 0 Å². The summed E-state index contributed by atoms with van der Waals surface area (Å²) in [5.41, 5.74) is 0.491. The van der Waals surface area contributed by atoms with Crippen molar-refractivity contribution in [2.45, 2.75) is 6.54 Å². The van der Waals surface area contributed by atoms with Crippen LogP contribution in [0, 0.1) is 0 Å². The molecule has 0 saturated carbocycles. The third kappa shape index (κ3) is 2.19. The highest BCUT2D eigenvalue weighted by Crippen LogP contribution is 2.09. The lowest BCUT2D eigenvalue weighted by atomic mass is 10.2. The zero-order valence-corrected chi connectivity index (χ0v) is 9.14. The first kappa shape index (κ1) is 10.2. The Morgan fingerprint density at radius 3 is 2.47 bits per heavy atom. The lowest BCUT2D eigenvalue weighted by Crippen LogP contribution is -2.26. The van der Waals surface area contributed by atoms with Crippen molar-refractivity contribution in [2.75, 3.05) is 0 Å². The Morgan fingerprint density at radius 2 is 1.93 bits per heavy atom. The Labute approximate surface area is 93.9 Å². The Kier molecular flexibility index (Phi) is 2.75. The number of nitrogens with zero attached hydrogens (tertiary/aromatic N) is 1. The van der Waals surface area contributed by atoms with E-state index in [1.165, 1.54) is 0 Å². The fourth-order valence-corrected chi connectivity index (χ4v) is 1.86. The summed E-state index contributed by atoms with van der Waals surface area (Å²) in [5.74, 6) is 0. The normalized spacial score (nSPS) is 10.5. The van der Waals surface area contributed by atoms with Crippen LogP contribution >= 0.6 is 23.1 Å². The molecule has 0 fully saturated rings. The van der Waals surface area contributed by atoms with Crippen molar-refractivity contribution in [1.29, 1.82) is 0 Å². The van der Waals surface area contributed by atoms with Crippen LogP contribution in [-0.4, -0.2) is 8.94 Å². The number of H-pyrrole nitrogens is 1. The summed E-state index contributed by atoms with van der Waals surface area (Å²) in [6, 6.07) is 7.02. The van der Waals surface area contributed by atoms with Gasteiger partial charge in [0.15, 0.2) is 0 Å². The highest BCUT2D eigenvalue weighted by molar-refractivity contribution is 7.02. The number of hydrogen-bond donors (Lipinski definition) is 1. The van der Waals surface area contributed by atoms with Crippen LogP contribution in [0.3, 0.4) is 0 Å². The number of hydrogen-bond acceptors (Lipinski definition) is 3. The number of nitrogens with one attached hydrogen (secondary N) is 1. The van der Waals surface area contributed by atoms with Gasteiger partial charge in [-0.1, -0.05) is 23.7 Å². The van der Waals surface area contributed by atoms with Crippen molar-refractivity contribution in [1.82, 2.24) is 8.94 Å². The molecule has 0 bridgehead atoms. The first-order chi connectivity index (χ1) is 7.16. The molecule has 0 aliphatic carbocycles. The van der Waals surface area contributed by atoms with E-state index in [4.69, 9.17) is 11.6 Å². The number of rotatable bonds is 2. The molecule has 6 heteroatoms. The van der Waals surface area contributed by atoms with Gasteiger partial charge in [-0.25, -0.2) is 9.36 Å². The van der Waals surface area contributed by atoms with E-state index in [0.29, 0.717) is 5.02 Å². The second kappa shape index (κ2) is 4.04. The van der Waals surface area contributed by atoms with E-state index >= 15 is 0 Å². The first-order valence-corrected chi connectivity index (χ1v) is 5.39. The molecule has 2 aromatic rings.